The van der Waals surface area contributed by atoms with Gasteiger partial charge in [0.1, 0.15) is 5.82 Å². The molecule has 1 saturated heterocycles. The molecule has 0 bridgehead atoms. The van der Waals surface area contributed by atoms with Gasteiger partial charge in [0.05, 0.1) is 0 Å². The van der Waals surface area contributed by atoms with E-state index in [9.17, 15) is 4.39 Å². The number of halogens is 2. The Morgan fingerprint density at radius 1 is 1.07 bits per heavy atom. The lowest BCUT2D eigenvalue weighted by molar-refractivity contribution is 0.198. The van der Waals surface area contributed by atoms with Crippen molar-refractivity contribution in [2.45, 2.75) is 32.0 Å². The SMILES string of the molecule is CN=C(NCc1cccc(F)c1)NC1CCN(Cc2ccccc2)CC1.I. The normalized spacial score (nSPS) is 15.9. The Morgan fingerprint density at radius 3 is 2.44 bits per heavy atom. The molecule has 27 heavy (non-hydrogen) atoms. The van der Waals surface area contributed by atoms with Gasteiger partial charge in [-0.1, -0.05) is 42.5 Å². The molecule has 3 rings (SSSR count). The molecule has 0 aliphatic carbocycles. The van der Waals surface area contributed by atoms with E-state index in [0.717, 1.165) is 44.0 Å². The van der Waals surface area contributed by atoms with Crippen LogP contribution in [0.15, 0.2) is 59.6 Å². The van der Waals surface area contributed by atoms with Crippen molar-refractivity contribution >= 4 is 29.9 Å². The standard InChI is InChI=1S/C21H27FN4.HI/c1-23-21(24-15-18-8-5-9-19(22)14-18)25-20-10-12-26(13-11-20)16-17-6-3-2-4-7-17;/h2-9,14,20H,10-13,15-16H2,1H3,(H2,23,24,25);1H. The molecule has 1 aliphatic rings. The quantitative estimate of drug-likeness (QED) is 0.387. The van der Waals surface area contributed by atoms with Gasteiger partial charge in [0.25, 0.3) is 0 Å². The molecule has 0 atom stereocenters. The van der Waals surface area contributed by atoms with E-state index in [1.807, 2.05) is 6.07 Å². The molecule has 1 heterocycles. The van der Waals surface area contributed by atoms with Gasteiger partial charge in [0.15, 0.2) is 5.96 Å². The number of hydrogen-bond acceptors (Lipinski definition) is 2. The van der Waals surface area contributed by atoms with Crippen LogP contribution >= 0.6 is 24.0 Å². The second-order valence-electron chi connectivity index (χ2n) is 6.74. The van der Waals surface area contributed by atoms with Crippen molar-refractivity contribution < 1.29 is 4.39 Å². The fourth-order valence-electron chi connectivity index (χ4n) is 3.30. The number of hydrogen-bond donors (Lipinski definition) is 2. The molecule has 0 radical (unpaired) electrons. The third kappa shape index (κ3) is 7.10. The zero-order valence-corrected chi connectivity index (χ0v) is 18.0. The lowest BCUT2D eigenvalue weighted by atomic mass is 10.0. The number of nitrogens with one attached hydrogen (secondary N) is 2. The fraction of sp³-hybridized carbons (Fsp3) is 0.381. The highest BCUT2D eigenvalue weighted by molar-refractivity contribution is 14.0. The van der Waals surface area contributed by atoms with Crippen molar-refractivity contribution in [3.05, 3.63) is 71.5 Å². The number of likely N-dealkylation sites (tertiary alicyclic amines) is 1. The summed E-state index contributed by atoms with van der Waals surface area (Å²) in [6.07, 6.45) is 2.18. The van der Waals surface area contributed by atoms with Crippen LogP contribution in [0.3, 0.4) is 0 Å². The third-order valence-electron chi connectivity index (χ3n) is 4.75. The minimum Gasteiger partial charge on any atom is -0.354 e. The number of benzene rings is 2. The summed E-state index contributed by atoms with van der Waals surface area (Å²) in [6, 6.07) is 17.7. The van der Waals surface area contributed by atoms with Gasteiger partial charge in [-0.2, -0.15) is 0 Å². The first kappa shape index (κ1) is 21.6. The van der Waals surface area contributed by atoms with E-state index >= 15 is 0 Å². The molecule has 0 saturated carbocycles. The number of rotatable bonds is 5. The largest absolute Gasteiger partial charge is 0.354 e. The van der Waals surface area contributed by atoms with E-state index in [2.05, 4.69) is 50.9 Å². The van der Waals surface area contributed by atoms with Crippen LogP contribution in [0.2, 0.25) is 0 Å². The highest BCUT2D eigenvalue weighted by Gasteiger charge is 2.19. The molecule has 4 nitrogen and oxygen atoms in total. The van der Waals surface area contributed by atoms with Crippen LogP contribution < -0.4 is 10.6 Å². The smallest absolute Gasteiger partial charge is 0.191 e. The Hall–Kier alpha value is -1.67. The maximum absolute atomic E-state index is 13.3. The van der Waals surface area contributed by atoms with Crippen LogP contribution in [0.5, 0.6) is 0 Å². The summed E-state index contributed by atoms with van der Waals surface area (Å²) in [5.41, 5.74) is 2.28. The number of aliphatic imine (C=N–C) groups is 1. The molecule has 1 aliphatic heterocycles. The van der Waals surface area contributed by atoms with Gasteiger partial charge in [-0.15, -0.1) is 24.0 Å². The minimum absolute atomic E-state index is 0. The second-order valence-corrected chi connectivity index (χ2v) is 6.74. The Labute approximate surface area is 178 Å². The van der Waals surface area contributed by atoms with Crippen LogP contribution in [-0.4, -0.2) is 37.0 Å². The third-order valence-corrected chi connectivity index (χ3v) is 4.75. The van der Waals surface area contributed by atoms with Gasteiger partial charge in [-0.3, -0.25) is 9.89 Å². The Balaban J connectivity index is 0.00000261. The predicted octanol–water partition coefficient (Wildman–Crippen LogP) is 3.77. The van der Waals surface area contributed by atoms with Crippen LogP contribution in [0.4, 0.5) is 4.39 Å². The average molecular weight is 482 g/mol. The van der Waals surface area contributed by atoms with E-state index in [1.54, 1.807) is 19.2 Å². The molecule has 0 spiro atoms. The molecule has 0 unspecified atom stereocenters. The summed E-state index contributed by atoms with van der Waals surface area (Å²) in [6.45, 7) is 3.73. The van der Waals surface area contributed by atoms with Crippen molar-refractivity contribution in [1.82, 2.24) is 15.5 Å². The van der Waals surface area contributed by atoms with E-state index < -0.39 is 0 Å². The van der Waals surface area contributed by atoms with Crippen molar-refractivity contribution in [3.63, 3.8) is 0 Å². The molecule has 0 amide bonds. The summed E-state index contributed by atoms with van der Waals surface area (Å²) in [5.74, 6) is 0.564. The monoisotopic (exact) mass is 482 g/mol. The first-order valence-electron chi connectivity index (χ1n) is 9.21. The van der Waals surface area contributed by atoms with Gasteiger partial charge in [-0.05, 0) is 36.1 Å². The maximum atomic E-state index is 13.3. The highest BCUT2D eigenvalue weighted by atomic mass is 127. The number of piperidine rings is 1. The van der Waals surface area contributed by atoms with Crippen LogP contribution in [-0.2, 0) is 13.1 Å². The Morgan fingerprint density at radius 2 is 1.78 bits per heavy atom. The van der Waals surface area contributed by atoms with Crippen molar-refractivity contribution in [2.24, 2.45) is 4.99 Å². The Kier molecular flexibility index (Phi) is 9.00. The van der Waals surface area contributed by atoms with Crippen molar-refractivity contribution in [3.8, 4) is 0 Å². The van der Waals surface area contributed by atoms with Gasteiger partial charge in [0, 0.05) is 39.3 Å². The summed E-state index contributed by atoms with van der Waals surface area (Å²) in [4.78, 5) is 6.79. The highest BCUT2D eigenvalue weighted by Crippen LogP contribution is 2.14. The van der Waals surface area contributed by atoms with Crippen LogP contribution in [0.25, 0.3) is 0 Å². The molecule has 0 aromatic heterocycles. The summed E-state index contributed by atoms with van der Waals surface area (Å²) >= 11 is 0. The summed E-state index contributed by atoms with van der Waals surface area (Å²) in [5, 5.41) is 6.76. The van der Waals surface area contributed by atoms with E-state index in [-0.39, 0.29) is 29.8 Å². The number of guanidine groups is 1. The van der Waals surface area contributed by atoms with Crippen LogP contribution in [0.1, 0.15) is 24.0 Å². The zero-order valence-electron chi connectivity index (χ0n) is 15.7. The molecule has 2 N–H and O–H groups in total. The molecular formula is C21H28FIN4. The molecule has 2 aromatic carbocycles. The molecule has 6 heteroatoms. The summed E-state index contributed by atoms with van der Waals surface area (Å²) < 4.78 is 13.3. The fourth-order valence-corrected chi connectivity index (χ4v) is 3.30. The minimum atomic E-state index is -0.210. The van der Waals surface area contributed by atoms with E-state index in [0.29, 0.717) is 12.6 Å². The zero-order chi connectivity index (χ0) is 18.2. The van der Waals surface area contributed by atoms with Gasteiger partial charge >= 0.3 is 0 Å². The first-order chi connectivity index (χ1) is 12.7. The maximum Gasteiger partial charge on any atom is 0.191 e. The first-order valence-corrected chi connectivity index (χ1v) is 9.21. The lowest BCUT2D eigenvalue weighted by Gasteiger charge is -2.33. The van der Waals surface area contributed by atoms with Gasteiger partial charge in [0.2, 0.25) is 0 Å². The predicted molar refractivity (Wildman–Crippen MR) is 120 cm³/mol. The van der Waals surface area contributed by atoms with Gasteiger partial charge < -0.3 is 10.6 Å². The van der Waals surface area contributed by atoms with Crippen LogP contribution in [0, 0.1) is 5.82 Å². The Bertz CT molecular complexity index is 715. The molecular weight excluding hydrogens is 454 g/mol. The van der Waals surface area contributed by atoms with Gasteiger partial charge in [-0.25, -0.2) is 4.39 Å². The average Bonchev–Trinajstić information content (AvgIpc) is 2.67. The summed E-state index contributed by atoms with van der Waals surface area (Å²) in [7, 11) is 1.77. The molecule has 2 aromatic rings. The van der Waals surface area contributed by atoms with Crippen molar-refractivity contribution in [1.29, 1.82) is 0 Å². The van der Waals surface area contributed by atoms with Crippen molar-refractivity contribution in [2.75, 3.05) is 20.1 Å². The molecule has 146 valence electrons. The topological polar surface area (TPSA) is 39.7 Å². The van der Waals surface area contributed by atoms with E-state index in [1.165, 1.54) is 11.6 Å². The lowest BCUT2D eigenvalue weighted by Crippen LogP contribution is -2.48. The number of nitrogens with zero attached hydrogens (tertiary/aromatic N) is 2. The molecule has 1 fully saturated rings. The second kappa shape index (κ2) is 11.2. The van der Waals surface area contributed by atoms with E-state index in [4.69, 9.17) is 0 Å².